The topological polar surface area (TPSA) is 56.3 Å². The number of nitrogens with one attached hydrogen (secondary N) is 1. The van der Waals surface area contributed by atoms with Gasteiger partial charge in [-0.1, -0.05) is 0 Å². The monoisotopic (exact) mass is 263 g/mol. The van der Waals surface area contributed by atoms with E-state index in [0.717, 1.165) is 37.6 Å². The molecule has 1 saturated carbocycles. The number of nitrogens with zero attached hydrogens (tertiary/aromatic N) is 2. The van der Waals surface area contributed by atoms with Crippen molar-refractivity contribution in [2.24, 2.45) is 0 Å². The standard InChI is InChI=1S/C14H21N3O2/c1-2-12(19-8-1)10-18-9-7-15-13-5-6-16-14(17-13)11-3-4-11/h5-6,11-12H,1-4,7-10H2,(H,15,16,17). The molecule has 0 radical (unpaired) electrons. The molecular formula is C14H21N3O2. The second-order valence-electron chi connectivity index (χ2n) is 5.21. The predicted octanol–water partition coefficient (Wildman–Crippen LogP) is 1.96. The molecule has 5 heteroatoms. The fraction of sp³-hybridized carbons (Fsp3) is 0.714. The van der Waals surface area contributed by atoms with Crippen molar-refractivity contribution in [3.63, 3.8) is 0 Å². The second-order valence-corrected chi connectivity index (χ2v) is 5.21. The molecule has 0 bridgehead atoms. The van der Waals surface area contributed by atoms with Crippen molar-refractivity contribution in [3.05, 3.63) is 18.1 Å². The Morgan fingerprint density at radius 1 is 1.37 bits per heavy atom. The molecule has 5 nitrogen and oxygen atoms in total. The van der Waals surface area contributed by atoms with Gasteiger partial charge in [0.05, 0.1) is 19.3 Å². The molecule has 1 aromatic heterocycles. The summed E-state index contributed by atoms with van der Waals surface area (Å²) in [6.45, 7) is 3.05. The lowest BCUT2D eigenvalue weighted by molar-refractivity contribution is 0.0206. The average Bonchev–Trinajstić information content (AvgIpc) is 3.17. The average molecular weight is 263 g/mol. The third-order valence-electron chi connectivity index (χ3n) is 3.50. The molecule has 0 aromatic carbocycles. The lowest BCUT2D eigenvalue weighted by Crippen LogP contribution is -2.18. The van der Waals surface area contributed by atoms with Crippen molar-refractivity contribution >= 4 is 5.82 Å². The lowest BCUT2D eigenvalue weighted by atomic mass is 10.2. The number of anilines is 1. The van der Waals surface area contributed by atoms with E-state index in [-0.39, 0.29) is 0 Å². The van der Waals surface area contributed by atoms with Crippen LogP contribution in [0.25, 0.3) is 0 Å². The van der Waals surface area contributed by atoms with E-state index in [9.17, 15) is 0 Å². The Balaban J connectivity index is 1.33. The molecule has 1 N–H and O–H groups in total. The number of hydrogen-bond donors (Lipinski definition) is 1. The molecule has 2 heterocycles. The lowest BCUT2D eigenvalue weighted by Gasteiger charge is -2.11. The predicted molar refractivity (Wildman–Crippen MR) is 72.3 cm³/mol. The summed E-state index contributed by atoms with van der Waals surface area (Å²) in [7, 11) is 0. The van der Waals surface area contributed by atoms with Gasteiger partial charge in [-0.15, -0.1) is 0 Å². The van der Waals surface area contributed by atoms with Crippen LogP contribution in [0.5, 0.6) is 0 Å². The van der Waals surface area contributed by atoms with Crippen LogP contribution in [-0.2, 0) is 9.47 Å². The van der Waals surface area contributed by atoms with Gasteiger partial charge in [-0.25, -0.2) is 9.97 Å². The SMILES string of the molecule is c1cc(NCCOCC2CCCO2)nc(C2CC2)n1. The Kier molecular flexibility index (Phi) is 4.25. The molecule has 2 aliphatic rings. The maximum absolute atomic E-state index is 5.60. The number of ether oxygens (including phenoxy) is 2. The molecular weight excluding hydrogens is 242 g/mol. The Morgan fingerprint density at radius 3 is 3.11 bits per heavy atom. The highest BCUT2D eigenvalue weighted by atomic mass is 16.5. The van der Waals surface area contributed by atoms with Gasteiger partial charge >= 0.3 is 0 Å². The highest BCUT2D eigenvalue weighted by Crippen LogP contribution is 2.37. The summed E-state index contributed by atoms with van der Waals surface area (Å²) >= 11 is 0. The van der Waals surface area contributed by atoms with Crippen molar-refractivity contribution in [1.29, 1.82) is 0 Å². The van der Waals surface area contributed by atoms with E-state index in [1.54, 1.807) is 0 Å². The van der Waals surface area contributed by atoms with Gasteiger partial charge in [0.2, 0.25) is 0 Å². The van der Waals surface area contributed by atoms with Crippen LogP contribution in [-0.4, -0.2) is 42.4 Å². The minimum atomic E-state index is 0.306. The number of rotatable bonds is 7. The smallest absolute Gasteiger partial charge is 0.133 e. The summed E-state index contributed by atoms with van der Waals surface area (Å²) in [5.74, 6) is 2.47. The third-order valence-corrected chi connectivity index (χ3v) is 3.50. The maximum Gasteiger partial charge on any atom is 0.133 e. The normalized spacial score (nSPS) is 22.6. The Hall–Kier alpha value is -1.20. The van der Waals surface area contributed by atoms with E-state index < -0.39 is 0 Å². The van der Waals surface area contributed by atoms with Gasteiger partial charge in [0.1, 0.15) is 11.6 Å². The molecule has 2 fully saturated rings. The van der Waals surface area contributed by atoms with Crippen molar-refractivity contribution in [1.82, 2.24) is 9.97 Å². The maximum atomic E-state index is 5.60. The van der Waals surface area contributed by atoms with Crippen LogP contribution in [0, 0.1) is 0 Å². The van der Waals surface area contributed by atoms with Gasteiger partial charge in [-0.2, -0.15) is 0 Å². The fourth-order valence-electron chi connectivity index (χ4n) is 2.25. The Bertz CT molecular complexity index is 403. The van der Waals surface area contributed by atoms with Gasteiger partial charge in [0, 0.05) is 25.3 Å². The zero-order chi connectivity index (χ0) is 12.9. The van der Waals surface area contributed by atoms with Gasteiger partial charge in [-0.05, 0) is 31.7 Å². The first kappa shape index (κ1) is 12.8. The van der Waals surface area contributed by atoms with Crippen LogP contribution in [0.15, 0.2) is 12.3 Å². The van der Waals surface area contributed by atoms with E-state index in [2.05, 4.69) is 15.3 Å². The Morgan fingerprint density at radius 2 is 2.32 bits per heavy atom. The summed E-state index contributed by atoms with van der Waals surface area (Å²) in [5.41, 5.74) is 0. The zero-order valence-electron chi connectivity index (χ0n) is 11.2. The highest BCUT2D eigenvalue weighted by molar-refractivity contribution is 5.33. The highest BCUT2D eigenvalue weighted by Gasteiger charge is 2.26. The quantitative estimate of drug-likeness (QED) is 0.762. The van der Waals surface area contributed by atoms with Crippen molar-refractivity contribution in [2.75, 3.05) is 31.7 Å². The largest absolute Gasteiger partial charge is 0.377 e. The van der Waals surface area contributed by atoms with Gasteiger partial charge in [-0.3, -0.25) is 0 Å². The first-order chi connectivity index (χ1) is 9.42. The zero-order valence-corrected chi connectivity index (χ0v) is 11.2. The number of aromatic nitrogens is 2. The van der Waals surface area contributed by atoms with E-state index in [1.165, 1.54) is 12.8 Å². The second kappa shape index (κ2) is 6.30. The molecule has 0 amide bonds. The van der Waals surface area contributed by atoms with E-state index >= 15 is 0 Å². The first-order valence-corrected chi connectivity index (χ1v) is 7.18. The van der Waals surface area contributed by atoms with Crippen LogP contribution in [0.1, 0.15) is 37.4 Å². The summed E-state index contributed by atoms with van der Waals surface area (Å²) in [6, 6.07) is 1.91. The summed E-state index contributed by atoms with van der Waals surface area (Å²) < 4.78 is 11.1. The molecule has 19 heavy (non-hydrogen) atoms. The summed E-state index contributed by atoms with van der Waals surface area (Å²) in [6.07, 6.45) is 6.89. The molecule has 1 saturated heterocycles. The van der Waals surface area contributed by atoms with Crippen molar-refractivity contribution in [3.8, 4) is 0 Å². The first-order valence-electron chi connectivity index (χ1n) is 7.18. The van der Waals surface area contributed by atoms with Crippen LogP contribution < -0.4 is 5.32 Å². The Labute approximate surface area is 113 Å². The van der Waals surface area contributed by atoms with Gasteiger partial charge in [0.15, 0.2) is 0 Å². The van der Waals surface area contributed by atoms with Crippen LogP contribution in [0.4, 0.5) is 5.82 Å². The van der Waals surface area contributed by atoms with E-state index in [0.29, 0.717) is 25.2 Å². The molecule has 1 aliphatic heterocycles. The van der Waals surface area contributed by atoms with Crippen LogP contribution in [0.2, 0.25) is 0 Å². The molecule has 1 aliphatic carbocycles. The minimum Gasteiger partial charge on any atom is -0.377 e. The minimum absolute atomic E-state index is 0.306. The van der Waals surface area contributed by atoms with Crippen LogP contribution in [0.3, 0.4) is 0 Å². The van der Waals surface area contributed by atoms with Gasteiger partial charge < -0.3 is 14.8 Å². The number of hydrogen-bond acceptors (Lipinski definition) is 5. The molecule has 0 spiro atoms. The molecule has 3 rings (SSSR count). The molecule has 1 aromatic rings. The molecule has 104 valence electrons. The van der Waals surface area contributed by atoms with Gasteiger partial charge in [0.25, 0.3) is 0 Å². The van der Waals surface area contributed by atoms with Crippen molar-refractivity contribution in [2.45, 2.75) is 37.7 Å². The van der Waals surface area contributed by atoms with E-state index in [4.69, 9.17) is 9.47 Å². The molecule has 1 unspecified atom stereocenters. The third kappa shape index (κ3) is 3.88. The fourth-order valence-corrected chi connectivity index (χ4v) is 2.25. The van der Waals surface area contributed by atoms with Crippen molar-refractivity contribution < 1.29 is 9.47 Å². The molecule has 1 atom stereocenters. The summed E-state index contributed by atoms with van der Waals surface area (Å²) in [4.78, 5) is 8.81. The van der Waals surface area contributed by atoms with E-state index in [1.807, 2.05) is 12.3 Å². The van der Waals surface area contributed by atoms with Crippen LogP contribution >= 0.6 is 0 Å². The summed E-state index contributed by atoms with van der Waals surface area (Å²) in [5, 5.41) is 3.28.